The largest absolute Gasteiger partial charge is 0.492 e. The van der Waals surface area contributed by atoms with Crippen molar-refractivity contribution in [2.75, 3.05) is 36.1 Å². The fourth-order valence-electron chi connectivity index (χ4n) is 6.54. The number of ether oxygens (including phenoxy) is 3. The molecule has 0 amide bonds. The maximum atomic E-state index is 13.4. The number of fused-ring (bicyclic) bond motifs is 2. The summed E-state index contributed by atoms with van der Waals surface area (Å²) in [6.07, 6.45) is 0. The molecular weight excluding hydrogens is 596 g/mol. The van der Waals surface area contributed by atoms with Gasteiger partial charge < -0.3 is 24.0 Å². The Morgan fingerprint density at radius 1 is 0.667 bits per heavy atom. The Balaban J connectivity index is 1.62. The molecule has 1 aliphatic heterocycles. The van der Waals surface area contributed by atoms with E-state index in [4.69, 9.17) is 14.2 Å². The number of carbonyl (C=O) groups excluding carboxylic acids is 1. The van der Waals surface area contributed by atoms with Crippen LogP contribution in [0.2, 0.25) is 0 Å². The first kappa shape index (κ1) is 32.7. The van der Waals surface area contributed by atoms with E-state index in [-0.39, 0.29) is 11.9 Å². The number of rotatable bonds is 11. The summed E-state index contributed by atoms with van der Waals surface area (Å²) < 4.78 is 18.7. The van der Waals surface area contributed by atoms with Gasteiger partial charge in [-0.1, -0.05) is 59.7 Å². The molecule has 246 valence electrons. The predicted molar refractivity (Wildman–Crippen MR) is 195 cm³/mol. The van der Waals surface area contributed by atoms with Crippen LogP contribution in [0.1, 0.15) is 71.8 Å². The SMILES string of the molecule is CCOC(=O)c1ccccc1C1c2ccc(N(CC)CC)cc2Oc2cc(OCC)c(N(c3ccc(C)cc3)c3ccc(C)cc3)cc21. The molecule has 0 saturated carbocycles. The van der Waals surface area contributed by atoms with Gasteiger partial charge in [0, 0.05) is 59.3 Å². The van der Waals surface area contributed by atoms with Crippen molar-refractivity contribution in [2.45, 2.75) is 47.5 Å². The lowest BCUT2D eigenvalue weighted by atomic mass is 9.80. The second-order valence-corrected chi connectivity index (χ2v) is 12.0. The van der Waals surface area contributed by atoms with Gasteiger partial charge in [0.1, 0.15) is 17.2 Å². The Hall–Kier alpha value is -5.23. The maximum Gasteiger partial charge on any atom is 0.338 e. The fraction of sp³-hybridized carbons (Fsp3) is 0.262. The summed E-state index contributed by atoms with van der Waals surface area (Å²) >= 11 is 0. The molecule has 1 aliphatic rings. The topological polar surface area (TPSA) is 51.2 Å². The number of nitrogens with zero attached hydrogens (tertiary/aromatic N) is 2. The van der Waals surface area contributed by atoms with E-state index in [1.807, 2.05) is 44.2 Å². The third-order valence-corrected chi connectivity index (χ3v) is 8.95. The van der Waals surface area contributed by atoms with Crippen LogP contribution in [0.25, 0.3) is 0 Å². The molecule has 1 atom stereocenters. The summed E-state index contributed by atoms with van der Waals surface area (Å²) in [4.78, 5) is 17.9. The van der Waals surface area contributed by atoms with Crippen LogP contribution in [0.15, 0.2) is 103 Å². The molecular formula is C42H44N2O4. The number of esters is 1. The van der Waals surface area contributed by atoms with Gasteiger partial charge >= 0.3 is 5.97 Å². The summed E-state index contributed by atoms with van der Waals surface area (Å²) in [5, 5.41) is 0. The Kier molecular flexibility index (Phi) is 9.72. The second kappa shape index (κ2) is 14.3. The molecule has 0 saturated heterocycles. The number of hydrogen-bond donors (Lipinski definition) is 0. The molecule has 0 aliphatic carbocycles. The molecule has 6 nitrogen and oxygen atoms in total. The van der Waals surface area contributed by atoms with Crippen molar-refractivity contribution in [3.8, 4) is 17.2 Å². The first-order valence-corrected chi connectivity index (χ1v) is 16.9. The van der Waals surface area contributed by atoms with E-state index in [0.29, 0.717) is 30.3 Å². The molecule has 0 fully saturated rings. The quantitative estimate of drug-likeness (QED) is 0.131. The first-order chi connectivity index (χ1) is 23.4. The summed E-state index contributed by atoms with van der Waals surface area (Å²) in [6.45, 7) is 14.9. The highest BCUT2D eigenvalue weighted by Gasteiger charge is 2.34. The summed E-state index contributed by atoms with van der Waals surface area (Å²) in [5.41, 5.74) is 9.69. The van der Waals surface area contributed by atoms with Crippen molar-refractivity contribution >= 4 is 28.7 Å². The van der Waals surface area contributed by atoms with Crippen molar-refractivity contribution in [3.05, 3.63) is 137 Å². The van der Waals surface area contributed by atoms with Gasteiger partial charge in [-0.2, -0.15) is 0 Å². The van der Waals surface area contributed by atoms with Crippen LogP contribution in [0.4, 0.5) is 22.7 Å². The Bertz CT molecular complexity index is 1850. The highest BCUT2D eigenvalue weighted by molar-refractivity contribution is 5.92. The number of anilines is 4. The van der Waals surface area contributed by atoms with Crippen LogP contribution in [0, 0.1) is 13.8 Å². The number of carbonyl (C=O) groups is 1. The van der Waals surface area contributed by atoms with Crippen molar-refractivity contribution in [2.24, 2.45) is 0 Å². The van der Waals surface area contributed by atoms with Crippen LogP contribution in [0.3, 0.4) is 0 Å². The number of hydrogen-bond acceptors (Lipinski definition) is 6. The van der Waals surface area contributed by atoms with E-state index in [1.54, 1.807) is 0 Å². The number of aryl methyl sites for hydroxylation is 2. The van der Waals surface area contributed by atoms with Gasteiger partial charge in [0.25, 0.3) is 0 Å². The first-order valence-electron chi connectivity index (χ1n) is 16.9. The predicted octanol–water partition coefficient (Wildman–Crippen LogP) is 10.5. The van der Waals surface area contributed by atoms with Gasteiger partial charge in [-0.05, 0) is 89.6 Å². The summed E-state index contributed by atoms with van der Waals surface area (Å²) in [5.74, 6) is 1.53. The zero-order valence-corrected chi connectivity index (χ0v) is 28.7. The van der Waals surface area contributed by atoms with Crippen LogP contribution >= 0.6 is 0 Å². The minimum atomic E-state index is -0.338. The normalized spacial score (nSPS) is 13.2. The highest BCUT2D eigenvalue weighted by atomic mass is 16.5. The zero-order chi connectivity index (χ0) is 33.8. The molecule has 0 bridgehead atoms. The van der Waals surface area contributed by atoms with Gasteiger partial charge in [-0.15, -0.1) is 0 Å². The van der Waals surface area contributed by atoms with E-state index < -0.39 is 0 Å². The average Bonchev–Trinajstić information content (AvgIpc) is 3.10. The van der Waals surface area contributed by atoms with E-state index in [1.165, 1.54) is 11.1 Å². The molecule has 6 heteroatoms. The fourth-order valence-corrected chi connectivity index (χ4v) is 6.54. The van der Waals surface area contributed by atoms with Crippen LogP contribution in [-0.2, 0) is 4.74 Å². The van der Waals surface area contributed by atoms with Crippen LogP contribution < -0.4 is 19.3 Å². The third-order valence-electron chi connectivity index (χ3n) is 8.95. The Morgan fingerprint density at radius 2 is 1.27 bits per heavy atom. The van der Waals surface area contributed by atoms with Crippen molar-refractivity contribution in [1.29, 1.82) is 0 Å². The lowest BCUT2D eigenvalue weighted by Gasteiger charge is -2.34. The molecule has 5 aromatic carbocycles. The molecule has 0 N–H and O–H groups in total. The van der Waals surface area contributed by atoms with Gasteiger partial charge in [0.05, 0.1) is 24.5 Å². The smallest absolute Gasteiger partial charge is 0.338 e. The average molecular weight is 641 g/mol. The molecule has 1 heterocycles. The molecule has 5 aromatic rings. The summed E-state index contributed by atoms with van der Waals surface area (Å²) in [6, 6.07) is 35.4. The lowest BCUT2D eigenvalue weighted by Crippen LogP contribution is -2.22. The van der Waals surface area contributed by atoms with E-state index in [9.17, 15) is 4.79 Å². The lowest BCUT2D eigenvalue weighted by molar-refractivity contribution is 0.0525. The zero-order valence-electron chi connectivity index (χ0n) is 28.7. The monoisotopic (exact) mass is 640 g/mol. The molecule has 1 unspecified atom stereocenters. The van der Waals surface area contributed by atoms with Gasteiger partial charge in [-0.3, -0.25) is 0 Å². The van der Waals surface area contributed by atoms with E-state index in [2.05, 4.69) is 110 Å². The third kappa shape index (κ3) is 6.35. The van der Waals surface area contributed by atoms with Crippen molar-refractivity contribution in [1.82, 2.24) is 0 Å². The molecule has 0 spiro atoms. The van der Waals surface area contributed by atoms with Crippen molar-refractivity contribution < 1.29 is 19.0 Å². The maximum absolute atomic E-state index is 13.4. The van der Waals surface area contributed by atoms with E-state index in [0.717, 1.165) is 58.3 Å². The molecule has 6 rings (SSSR count). The number of benzene rings is 5. The second-order valence-electron chi connectivity index (χ2n) is 12.0. The highest BCUT2D eigenvalue weighted by Crippen LogP contribution is 2.53. The molecule has 48 heavy (non-hydrogen) atoms. The van der Waals surface area contributed by atoms with Gasteiger partial charge in [-0.25, -0.2) is 4.79 Å². The van der Waals surface area contributed by atoms with Gasteiger partial charge in [0.2, 0.25) is 0 Å². The van der Waals surface area contributed by atoms with Crippen molar-refractivity contribution in [3.63, 3.8) is 0 Å². The van der Waals surface area contributed by atoms with Crippen LogP contribution in [-0.4, -0.2) is 32.3 Å². The van der Waals surface area contributed by atoms with Gasteiger partial charge in [0.15, 0.2) is 0 Å². The minimum absolute atomic E-state index is 0.297. The van der Waals surface area contributed by atoms with E-state index >= 15 is 0 Å². The summed E-state index contributed by atoms with van der Waals surface area (Å²) in [7, 11) is 0. The minimum Gasteiger partial charge on any atom is -0.492 e. The standard InChI is InChI=1S/C42H44N2O4/c1-7-43(8-2)32-23-24-35-38(25-32)48-39-27-40(46-9-3)37(26-36(39)41(35)33-13-11-12-14-34(33)42(45)47-10-4)44(30-19-15-28(5)16-20-30)31-21-17-29(6)18-22-31/h11-27,41H,7-10H2,1-6H3. The Labute approximate surface area is 284 Å². The molecule has 0 aromatic heterocycles. The Morgan fingerprint density at radius 3 is 1.88 bits per heavy atom. The van der Waals surface area contributed by atoms with Crippen LogP contribution in [0.5, 0.6) is 17.2 Å². The molecule has 0 radical (unpaired) electrons.